The first kappa shape index (κ1) is 15.3. The van der Waals surface area contributed by atoms with E-state index in [0.717, 1.165) is 12.8 Å². The van der Waals surface area contributed by atoms with Gasteiger partial charge in [0, 0.05) is 6.61 Å². The first-order chi connectivity index (χ1) is 5.45. The summed E-state index contributed by atoms with van der Waals surface area (Å²) in [4.78, 5) is 0. The van der Waals surface area contributed by atoms with Crippen LogP contribution in [0.25, 0.3) is 0 Å². The minimum atomic E-state index is -4.39. The van der Waals surface area contributed by atoms with Crippen molar-refractivity contribution in [2.45, 2.75) is 33.0 Å². The molecule has 6 nitrogen and oxygen atoms in total. The maximum Gasteiger partial charge on any atom is 0.399 e. The highest BCUT2D eigenvalue weighted by molar-refractivity contribution is 7.80. The van der Waals surface area contributed by atoms with E-state index in [1.165, 1.54) is 6.92 Å². The summed E-state index contributed by atoms with van der Waals surface area (Å²) in [6.07, 6.45) is 0.865. The van der Waals surface area contributed by atoms with Crippen molar-refractivity contribution in [1.29, 1.82) is 0 Å². The van der Waals surface area contributed by atoms with E-state index >= 15 is 0 Å². The number of hydrogen-bond donors (Lipinski definition) is 2. The number of ether oxygens (including phenoxy) is 1. The molecule has 0 radical (unpaired) electrons. The SMILES string of the molecule is CCCCOC(C)OS(=O)(=O)O.N. The molecule has 0 aliphatic carbocycles. The second kappa shape index (κ2) is 7.22. The lowest BCUT2D eigenvalue weighted by atomic mass is 10.4. The predicted molar refractivity (Wildman–Crippen MR) is 48.0 cm³/mol. The van der Waals surface area contributed by atoms with Gasteiger partial charge in [0.1, 0.15) is 0 Å². The zero-order chi connectivity index (χ0) is 9.61. The topological polar surface area (TPSA) is 108 Å². The maximum atomic E-state index is 10.1. The van der Waals surface area contributed by atoms with Crippen molar-refractivity contribution in [3.63, 3.8) is 0 Å². The Kier molecular flexibility index (Phi) is 8.48. The molecule has 0 aromatic rings. The van der Waals surface area contributed by atoms with Crippen molar-refractivity contribution < 1.29 is 21.9 Å². The molecule has 0 amide bonds. The zero-order valence-electron chi connectivity index (χ0n) is 7.89. The molecule has 82 valence electrons. The van der Waals surface area contributed by atoms with Gasteiger partial charge in [-0.25, -0.2) is 4.18 Å². The molecule has 0 bridgehead atoms. The van der Waals surface area contributed by atoms with Gasteiger partial charge in [-0.1, -0.05) is 13.3 Å². The van der Waals surface area contributed by atoms with Gasteiger partial charge in [-0.05, 0) is 13.3 Å². The molecular formula is C6H17NO5S. The number of hydrogen-bond acceptors (Lipinski definition) is 5. The highest BCUT2D eigenvalue weighted by Crippen LogP contribution is 1.99. The molecule has 0 aliphatic heterocycles. The van der Waals surface area contributed by atoms with Crippen LogP contribution in [0.2, 0.25) is 0 Å². The van der Waals surface area contributed by atoms with E-state index in [1.54, 1.807) is 0 Å². The fraction of sp³-hybridized carbons (Fsp3) is 1.00. The van der Waals surface area contributed by atoms with Gasteiger partial charge in [-0.15, -0.1) is 0 Å². The molecule has 0 spiro atoms. The average molecular weight is 215 g/mol. The monoisotopic (exact) mass is 215 g/mol. The minimum absolute atomic E-state index is 0. The molecule has 0 aromatic carbocycles. The van der Waals surface area contributed by atoms with Crippen molar-refractivity contribution in [1.82, 2.24) is 6.15 Å². The normalized spacial score (nSPS) is 13.5. The summed E-state index contributed by atoms with van der Waals surface area (Å²) in [6.45, 7) is 3.81. The van der Waals surface area contributed by atoms with Crippen LogP contribution < -0.4 is 6.15 Å². The molecule has 0 rings (SSSR count). The van der Waals surface area contributed by atoms with Crippen molar-refractivity contribution in [2.24, 2.45) is 0 Å². The second-order valence-corrected chi connectivity index (χ2v) is 3.36. The van der Waals surface area contributed by atoms with Crippen LogP contribution in [0.3, 0.4) is 0 Å². The van der Waals surface area contributed by atoms with Gasteiger partial charge < -0.3 is 10.9 Å². The Labute approximate surface area is 78.8 Å². The second-order valence-electron chi connectivity index (χ2n) is 2.32. The van der Waals surface area contributed by atoms with Crippen LogP contribution in [0.15, 0.2) is 0 Å². The fourth-order valence-electron chi connectivity index (χ4n) is 0.593. The Hall–Kier alpha value is -0.210. The van der Waals surface area contributed by atoms with Gasteiger partial charge in [0.25, 0.3) is 0 Å². The lowest BCUT2D eigenvalue weighted by Crippen LogP contribution is -2.18. The third-order valence-electron chi connectivity index (χ3n) is 1.11. The van der Waals surface area contributed by atoms with Crippen LogP contribution in [0.1, 0.15) is 26.7 Å². The van der Waals surface area contributed by atoms with Crippen molar-refractivity contribution in [3.05, 3.63) is 0 Å². The van der Waals surface area contributed by atoms with Gasteiger partial charge in [-0.3, -0.25) is 4.55 Å². The van der Waals surface area contributed by atoms with Gasteiger partial charge in [0.15, 0.2) is 6.29 Å². The van der Waals surface area contributed by atoms with Crippen LogP contribution in [-0.2, 0) is 19.3 Å². The quantitative estimate of drug-likeness (QED) is 0.390. The third-order valence-corrected chi connectivity index (χ3v) is 1.62. The molecule has 0 saturated carbocycles. The molecule has 0 aromatic heterocycles. The molecule has 4 N–H and O–H groups in total. The first-order valence-corrected chi connectivity index (χ1v) is 5.09. The molecule has 0 aliphatic rings. The third kappa shape index (κ3) is 11.8. The van der Waals surface area contributed by atoms with E-state index in [-0.39, 0.29) is 6.15 Å². The largest absolute Gasteiger partial charge is 0.399 e. The van der Waals surface area contributed by atoms with Crippen molar-refractivity contribution in [2.75, 3.05) is 6.61 Å². The molecule has 7 heteroatoms. The molecule has 1 unspecified atom stereocenters. The Morgan fingerprint density at radius 2 is 2.00 bits per heavy atom. The lowest BCUT2D eigenvalue weighted by Gasteiger charge is -2.10. The average Bonchev–Trinajstić information content (AvgIpc) is 1.84. The van der Waals surface area contributed by atoms with Crippen LogP contribution in [-0.4, -0.2) is 25.9 Å². The number of unbranched alkanes of at least 4 members (excludes halogenated alkanes) is 1. The Balaban J connectivity index is 0. The Morgan fingerprint density at radius 3 is 2.38 bits per heavy atom. The summed E-state index contributed by atoms with van der Waals surface area (Å²) in [5.74, 6) is 0. The highest BCUT2D eigenvalue weighted by atomic mass is 32.3. The van der Waals surface area contributed by atoms with Gasteiger partial charge in [0.2, 0.25) is 0 Å². The van der Waals surface area contributed by atoms with Crippen molar-refractivity contribution >= 4 is 10.4 Å². The molecule has 0 saturated heterocycles. The van der Waals surface area contributed by atoms with Crippen LogP contribution in [0.5, 0.6) is 0 Å². The van der Waals surface area contributed by atoms with Crippen molar-refractivity contribution in [3.8, 4) is 0 Å². The predicted octanol–water partition coefficient (Wildman–Crippen LogP) is 1.13. The molecule has 0 heterocycles. The van der Waals surface area contributed by atoms with E-state index < -0.39 is 16.7 Å². The maximum absolute atomic E-state index is 10.1. The summed E-state index contributed by atoms with van der Waals surface area (Å²) in [6, 6.07) is 0. The van der Waals surface area contributed by atoms with E-state index in [4.69, 9.17) is 9.29 Å². The van der Waals surface area contributed by atoms with Crippen LogP contribution in [0, 0.1) is 0 Å². The molecular weight excluding hydrogens is 198 g/mol. The summed E-state index contributed by atoms with van der Waals surface area (Å²) in [7, 11) is -4.39. The van der Waals surface area contributed by atoms with E-state index in [2.05, 4.69) is 4.18 Å². The molecule has 0 fully saturated rings. The zero-order valence-corrected chi connectivity index (χ0v) is 8.71. The highest BCUT2D eigenvalue weighted by Gasteiger charge is 2.11. The van der Waals surface area contributed by atoms with E-state index in [1.807, 2.05) is 6.92 Å². The summed E-state index contributed by atoms with van der Waals surface area (Å²) >= 11 is 0. The van der Waals surface area contributed by atoms with Gasteiger partial charge >= 0.3 is 10.4 Å². The standard InChI is InChI=1S/C6H14O5S.H3N/c1-3-4-5-10-6(2)11-12(7,8)9;/h6H,3-5H2,1-2H3,(H,7,8,9);1H3. The van der Waals surface area contributed by atoms with Crippen LogP contribution >= 0.6 is 0 Å². The summed E-state index contributed by atoms with van der Waals surface area (Å²) in [5, 5.41) is 0. The Morgan fingerprint density at radius 1 is 1.46 bits per heavy atom. The lowest BCUT2D eigenvalue weighted by molar-refractivity contribution is -0.0685. The summed E-state index contributed by atoms with van der Waals surface area (Å²) in [5.41, 5.74) is 0. The Bertz CT molecular complexity index is 203. The molecule has 13 heavy (non-hydrogen) atoms. The first-order valence-electron chi connectivity index (χ1n) is 3.73. The van der Waals surface area contributed by atoms with E-state index in [0.29, 0.717) is 6.61 Å². The summed E-state index contributed by atoms with van der Waals surface area (Å²) < 4.78 is 37.5. The van der Waals surface area contributed by atoms with E-state index in [9.17, 15) is 8.42 Å². The minimum Gasteiger partial charge on any atom is -0.352 e. The number of rotatable bonds is 6. The smallest absolute Gasteiger partial charge is 0.352 e. The molecule has 1 atom stereocenters. The van der Waals surface area contributed by atoms with Gasteiger partial charge in [-0.2, -0.15) is 8.42 Å². The fourth-order valence-corrected chi connectivity index (χ4v) is 0.991. The van der Waals surface area contributed by atoms with Gasteiger partial charge in [0.05, 0.1) is 0 Å². The van der Waals surface area contributed by atoms with Crippen LogP contribution in [0.4, 0.5) is 0 Å².